The van der Waals surface area contributed by atoms with Crippen molar-refractivity contribution < 1.29 is 14.3 Å². The highest BCUT2D eigenvalue weighted by Crippen LogP contribution is 2.28. The summed E-state index contributed by atoms with van der Waals surface area (Å²) in [5.41, 5.74) is 2.04. The fraction of sp³-hybridized carbons (Fsp3) is 0.417. The number of thiophene rings is 1. The Labute approximate surface area is 181 Å². The first-order chi connectivity index (χ1) is 14.7. The lowest BCUT2D eigenvalue weighted by atomic mass is 9.98. The first-order valence-electron chi connectivity index (χ1n) is 10.7. The second kappa shape index (κ2) is 9.47. The molecule has 2 aromatic heterocycles. The van der Waals surface area contributed by atoms with Crippen LogP contribution in [0.4, 0.5) is 0 Å². The van der Waals surface area contributed by atoms with E-state index in [9.17, 15) is 9.59 Å². The maximum Gasteiger partial charge on any atom is 0.310 e. The van der Waals surface area contributed by atoms with E-state index in [1.54, 1.807) is 11.3 Å². The number of aromatic nitrogens is 1. The molecule has 1 aliphatic heterocycles. The molecule has 1 aliphatic rings. The minimum atomic E-state index is -0.217. The minimum absolute atomic E-state index is 0.0205. The average Bonchev–Trinajstić information content (AvgIpc) is 3.36. The fourth-order valence-electron chi connectivity index (χ4n) is 4.24. The maximum absolute atomic E-state index is 13.4. The third-order valence-corrected chi connectivity index (χ3v) is 6.69. The molecule has 0 spiro atoms. The zero-order valence-corrected chi connectivity index (χ0v) is 18.2. The lowest BCUT2D eigenvalue weighted by Gasteiger charge is -2.31. The van der Waals surface area contributed by atoms with Crippen LogP contribution in [-0.2, 0) is 22.5 Å². The molecule has 1 fully saturated rings. The van der Waals surface area contributed by atoms with E-state index in [2.05, 4.69) is 40.3 Å². The maximum atomic E-state index is 13.4. The molecule has 1 saturated heterocycles. The molecule has 0 radical (unpaired) electrons. The van der Waals surface area contributed by atoms with E-state index in [-0.39, 0.29) is 17.8 Å². The number of nitrogens with zero attached hydrogens (tertiary/aromatic N) is 2. The number of hydrogen-bond acceptors (Lipinski definition) is 4. The molecule has 3 aromatic rings. The number of fused-ring (bicyclic) bond motifs is 1. The molecule has 30 heavy (non-hydrogen) atoms. The van der Waals surface area contributed by atoms with Crippen molar-refractivity contribution >= 4 is 33.4 Å². The highest BCUT2D eigenvalue weighted by molar-refractivity contribution is 7.16. The molecule has 6 heteroatoms. The van der Waals surface area contributed by atoms with Crippen LogP contribution in [0.2, 0.25) is 0 Å². The lowest BCUT2D eigenvalue weighted by molar-refractivity contribution is -0.149. The number of piperidine rings is 1. The van der Waals surface area contributed by atoms with Crippen LogP contribution in [-0.4, -0.2) is 41.0 Å². The van der Waals surface area contributed by atoms with Gasteiger partial charge in [0.25, 0.3) is 5.91 Å². The molecule has 4 rings (SSSR count). The van der Waals surface area contributed by atoms with Crippen LogP contribution in [0, 0.1) is 5.92 Å². The second-order valence-electron chi connectivity index (χ2n) is 7.79. The first kappa shape index (κ1) is 20.7. The van der Waals surface area contributed by atoms with Crippen LogP contribution in [0.5, 0.6) is 0 Å². The number of benzene rings is 1. The SMILES string of the molecule is CCOC(=O)[C@H]1CCCN(C(=O)c2cc3ccsc3n2CCCc2ccccc2)C1. The highest BCUT2D eigenvalue weighted by atomic mass is 32.1. The summed E-state index contributed by atoms with van der Waals surface area (Å²) in [6, 6.07) is 14.5. The first-order valence-corrected chi connectivity index (χ1v) is 11.6. The van der Waals surface area contributed by atoms with Crippen LogP contribution in [0.1, 0.15) is 42.2 Å². The highest BCUT2D eigenvalue weighted by Gasteiger charge is 2.31. The van der Waals surface area contributed by atoms with Gasteiger partial charge in [0.05, 0.1) is 12.5 Å². The Kier molecular flexibility index (Phi) is 6.53. The summed E-state index contributed by atoms with van der Waals surface area (Å²) in [4.78, 5) is 28.6. The van der Waals surface area contributed by atoms with Crippen molar-refractivity contribution in [3.05, 3.63) is 59.1 Å². The summed E-state index contributed by atoms with van der Waals surface area (Å²) in [5, 5.41) is 3.19. The van der Waals surface area contributed by atoms with Gasteiger partial charge < -0.3 is 14.2 Å². The van der Waals surface area contributed by atoms with E-state index in [0.717, 1.165) is 48.1 Å². The molecule has 158 valence electrons. The Balaban J connectivity index is 1.50. The normalized spacial score (nSPS) is 16.7. The summed E-state index contributed by atoms with van der Waals surface area (Å²) < 4.78 is 7.36. The number of amides is 1. The van der Waals surface area contributed by atoms with Gasteiger partial charge in [0.1, 0.15) is 10.5 Å². The molecular weight excluding hydrogens is 396 g/mol. The van der Waals surface area contributed by atoms with Gasteiger partial charge in [0.2, 0.25) is 0 Å². The molecule has 1 atom stereocenters. The molecule has 1 aromatic carbocycles. The summed E-state index contributed by atoms with van der Waals surface area (Å²) in [7, 11) is 0. The molecule has 0 bridgehead atoms. The van der Waals surface area contributed by atoms with Crippen LogP contribution in [0.15, 0.2) is 47.8 Å². The van der Waals surface area contributed by atoms with Crippen molar-refractivity contribution in [2.45, 2.75) is 39.2 Å². The Morgan fingerprint density at radius 2 is 2.03 bits per heavy atom. The number of esters is 1. The monoisotopic (exact) mass is 424 g/mol. The predicted molar refractivity (Wildman–Crippen MR) is 120 cm³/mol. The van der Waals surface area contributed by atoms with Crippen molar-refractivity contribution in [1.29, 1.82) is 0 Å². The van der Waals surface area contributed by atoms with Crippen LogP contribution >= 0.6 is 11.3 Å². The van der Waals surface area contributed by atoms with Gasteiger partial charge in [-0.15, -0.1) is 11.3 Å². The molecule has 0 aliphatic carbocycles. The largest absolute Gasteiger partial charge is 0.466 e. The van der Waals surface area contributed by atoms with E-state index in [4.69, 9.17) is 4.74 Å². The van der Waals surface area contributed by atoms with Crippen molar-refractivity contribution in [3.63, 3.8) is 0 Å². The van der Waals surface area contributed by atoms with E-state index in [0.29, 0.717) is 19.7 Å². The van der Waals surface area contributed by atoms with Gasteiger partial charge in [-0.1, -0.05) is 30.3 Å². The van der Waals surface area contributed by atoms with Crippen molar-refractivity contribution in [2.24, 2.45) is 5.92 Å². The summed E-state index contributed by atoms with van der Waals surface area (Å²) in [6.07, 6.45) is 3.57. The summed E-state index contributed by atoms with van der Waals surface area (Å²) in [6.45, 7) is 4.13. The van der Waals surface area contributed by atoms with Crippen molar-refractivity contribution in [2.75, 3.05) is 19.7 Å². The number of aryl methyl sites for hydroxylation is 2. The van der Waals surface area contributed by atoms with Crippen molar-refractivity contribution in [1.82, 2.24) is 9.47 Å². The molecule has 1 amide bonds. The van der Waals surface area contributed by atoms with E-state index < -0.39 is 0 Å². The predicted octanol–water partition coefficient (Wildman–Crippen LogP) is 4.75. The second-order valence-corrected chi connectivity index (χ2v) is 8.69. The Hall–Kier alpha value is -2.60. The average molecular weight is 425 g/mol. The molecule has 5 nitrogen and oxygen atoms in total. The number of hydrogen-bond donors (Lipinski definition) is 0. The Morgan fingerprint density at radius 1 is 1.20 bits per heavy atom. The van der Waals surface area contributed by atoms with Gasteiger partial charge in [-0.2, -0.15) is 0 Å². The molecule has 0 unspecified atom stereocenters. The standard InChI is InChI=1S/C24H28N2O3S/c1-2-29-24(28)20-11-7-13-25(17-20)22(27)21-16-19-12-15-30-23(19)26(21)14-6-10-18-8-4-3-5-9-18/h3-5,8-9,12,15-16,20H,2,6-7,10-11,13-14,17H2,1H3/t20-/m0/s1. The zero-order valence-electron chi connectivity index (χ0n) is 17.4. The van der Waals surface area contributed by atoms with Crippen LogP contribution in [0.3, 0.4) is 0 Å². The number of carbonyl (C=O) groups is 2. The topological polar surface area (TPSA) is 51.5 Å². The van der Waals surface area contributed by atoms with Crippen LogP contribution < -0.4 is 0 Å². The number of likely N-dealkylation sites (tertiary alicyclic amines) is 1. The lowest BCUT2D eigenvalue weighted by Crippen LogP contribution is -2.43. The van der Waals surface area contributed by atoms with Gasteiger partial charge >= 0.3 is 5.97 Å². The van der Waals surface area contributed by atoms with E-state index in [1.807, 2.05) is 24.0 Å². The third-order valence-electron chi connectivity index (χ3n) is 5.74. The Morgan fingerprint density at radius 3 is 2.83 bits per heavy atom. The molecule has 0 saturated carbocycles. The molecular formula is C24H28N2O3S. The van der Waals surface area contributed by atoms with Gasteiger partial charge in [-0.3, -0.25) is 9.59 Å². The van der Waals surface area contributed by atoms with E-state index >= 15 is 0 Å². The zero-order chi connectivity index (χ0) is 20.9. The number of rotatable bonds is 7. The number of ether oxygens (including phenoxy) is 1. The summed E-state index contributed by atoms with van der Waals surface area (Å²) >= 11 is 1.68. The van der Waals surface area contributed by atoms with Gasteiger partial charge in [-0.25, -0.2) is 0 Å². The van der Waals surface area contributed by atoms with E-state index in [1.165, 1.54) is 5.56 Å². The van der Waals surface area contributed by atoms with Gasteiger partial charge in [0, 0.05) is 25.0 Å². The third kappa shape index (κ3) is 4.43. The van der Waals surface area contributed by atoms with Crippen molar-refractivity contribution in [3.8, 4) is 0 Å². The molecule has 3 heterocycles. The Bertz CT molecular complexity index is 1010. The van der Waals surface area contributed by atoms with Crippen LogP contribution in [0.25, 0.3) is 10.2 Å². The van der Waals surface area contributed by atoms with Gasteiger partial charge in [-0.05, 0) is 55.7 Å². The number of carbonyl (C=O) groups excluding carboxylic acids is 2. The quantitative estimate of drug-likeness (QED) is 0.514. The minimum Gasteiger partial charge on any atom is -0.466 e. The molecule has 0 N–H and O–H groups in total. The fourth-order valence-corrected chi connectivity index (χ4v) is 5.16. The van der Waals surface area contributed by atoms with Gasteiger partial charge in [0.15, 0.2) is 0 Å². The summed E-state index contributed by atoms with van der Waals surface area (Å²) in [5.74, 6) is -0.383. The smallest absolute Gasteiger partial charge is 0.310 e.